The molecule has 0 saturated heterocycles. The number of hydrogen-bond donors (Lipinski definition) is 1. The topological polar surface area (TPSA) is 107 Å². The number of nitrogen functional groups attached to an aromatic ring is 1. The van der Waals surface area contributed by atoms with Crippen molar-refractivity contribution in [1.29, 1.82) is 5.26 Å². The zero-order valence-electron chi connectivity index (χ0n) is 16.8. The minimum atomic E-state index is -0.644. The first-order chi connectivity index (χ1) is 14.3. The summed E-state index contributed by atoms with van der Waals surface area (Å²) in [5.74, 6) is -0.602. The fourth-order valence-corrected chi connectivity index (χ4v) is 3.84. The molecule has 0 fully saturated rings. The summed E-state index contributed by atoms with van der Waals surface area (Å²) < 4.78 is 21.5. The van der Waals surface area contributed by atoms with Crippen LogP contribution < -0.4 is 10.5 Å². The second-order valence-corrected chi connectivity index (χ2v) is 7.47. The number of anilines is 1. The van der Waals surface area contributed by atoms with Gasteiger partial charge in [-0.3, -0.25) is 9.48 Å². The maximum atomic E-state index is 14.0. The van der Waals surface area contributed by atoms with Gasteiger partial charge in [-0.2, -0.15) is 10.4 Å². The third kappa shape index (κ3) is 3.18. The minimum absolute atomic E-state index is 0.147. The summed E-state index contributed by atoms with van der Waals surface area (Å²) >= 11 is 0. The van der Waals surface area contributed by atoms with Gasteiger partial charge in [0.15, 0.2) is 17.4 Å². The monoisotopic (exact) mass is 405 g/mol. The molecule has 7 nitrogen and oxygen atoms in total. The van der Waals surface area contributed by atoms with E-state index in [-0.39, 0.29) is 17.4 Å². The predicted octanol–water partition coefficient (Wildman–Crippen LogP) is 3.59. The summed E-state index contributed by atoms with van der Waals surface area (Å²) in [5, 5.41) is 14.1. The Morgan fingerprint density at radius 1 is 1.33 bits per heavy atom. The van der Waals surface area contributed by atoms with E-state index in [0.717, 1.165) is 0 Å². The van der Waals surface area contributed by atoms with Crippen molar-refractivity contribution in [2.24, 2.45) is 13.0 Å². The summed E-state index contributed by atoms with van der Waals surface area (Å²) in [5.41, 5.74) is 9.01. The van der Waals surface area contributed by atoms with Crippen LogP contribution in [-0.4, -0.2) is 20.5 Å². The Balaban J connectivity index is 1.98. The Morgan fingerprint density at radius 3 is 2.83 bits per heavy atom. The SMILES string of the molecule is CC1Cc2nn(C)c(C#N)c2-c2cnc(N)c(c2)O[C@H](C)c2cc(F)ccc2C1=O. The predicted molar refractivity (Wildman–Crippen MR) is 108 cm³/mol. The van der Waals surface area contributed by atoms with Gasteiger partial charge in [0, 0.05) is 47.8 Å². The van der Waals surface area contributed by atoms with Crippen molar-refractivity contribution in [1.82, 2.24) is 14.8 Å². The van der Waals surface area contributed by atoms with Crippen molar-refractivity contribution in [2.45, 2.75) is 26.4 Å². The molecule has 1 aromatic carbocycles. The fraction of sp³-hybridized carbons (Fsp3) is 0.273. The lowest BCUT2D eigenvalue weighted by molar-refractivity contribution is 0.0924. The van der Waals surface area contributed by atoms with Gasteiger partial charge in [0.1, 0.15) is 23.7 Å². The van der Waals surface area contributed by atoms with Gasteiger partial charge in [-0.25, -0.2) is 9.37 Å². The maximum absolute atomic E-state index is 14.0. The van der Waals surface area contributed by atoms with E-state index in [0.29, 0.717) is 40.1 Å². The highest BCUT2D eigenvalue weighted by Crippen LogP contribution is 2.36. The van der Waals surface area contributed by atoms with Gasteiger partial charge in [0.2, 0.25) is 0 Å². The standard InChI is InChI=1S/C22H20FN5O2/c1-11-6-17-20(18(9-24)28(3)27-17)13-7-19(22(25)26-10-13)30-12(2)16-8-14(23)4-5-15(16)21(11)29/h4-5,7-8,10-12H,6H2,1-3H3,(H2,25,26)/t11?,12-/m1/s1. The average molecular weight is 405 g/mol. The number of ketones is 1. The number of aromatic nitrogens is 3. The molecule has 4 rings (SSSR count). The van der Waals surface area contributed by atoms with Gasteiger partial charge in [-0.15, -0.1) is 0 Å². The van der Waals surface area contributed by atoms with Crippen molar-refractivity contribution < 1.29 is 13.9 Å². The summed E-state index contributed by atoms with van der Waals surface area (Å²) in [6.07, 6.45) is 1.23. The van der Waals surface area contributed by atoms with Crippen LogP contribution in [0.3, 0.4) is 0 Å². The number of nitrogens with two attached hydrogens (primary N) is 1. The van der Waals surface area contributed by atoms with Crippen molar-refractivity contribution >= 4 is 11.6 Å². The Bertz CT molecular complexity index is 1210. The van der Waals surface area contributed by atoms with Gasteiger partial charge in [0.25, 0.3) is 0 Å². The van der Waals surface area contributed by atoms with Crippen LogP contribution in [0.25, 0.3) is 11.1 Å². The van der Waals surface area contributed by atoms with Crippen LogP contribution >= 0.6 is 0 Å². The van der Waals surface area contributed by atoms with Gasteiger partial charge < -0.3 is 10.5 Å². The maximum Gasteiger partial charge on any atom is 0.166 e. The number of halogens is 1. The number of carbonyl (C=O) groups excluding carboxylic acids is 1. The molecule has 2 aromatic heterocycles. The van der Waals surface area contributed by atoms with Crippen LogP contribution in [0.1, 0.15) is 47.3 Å². The van der Waals surface area contributed by atoms with E-state index < -0.39 is 17.8 Å². The van der Waals surface area contributed by atoms with Crippen LogP contribution in [0.15, 0.2) is 30.5 Å². The van der Waals surface area contributed by atoms with Crippen LogP contribution in [0.4, 0.5) is 10.2 Å². The van der Waals surface area contributed by atoms with E-state index in [4.69, 9.17) is 10.5 Å². The number of benzene rings is 1. The molecule has 1 aliphatic heterocycles. The van der Waals surface area contributed by atoms with Gasteiger partial charge in [-0.1, -0.05) is 6.92 Å². The molecule has 2 bridgehead atoms. The van der Waals surface area contributed by atoms with Crippen molar-refractivity contribution in [2.75, 3.05) is 5.73 Å². The molecule has 0 amide bonds. The van der Waals surface area contributed by atoms with E-state index in [1.54, 1.807) is 33.2 Å². The highest BCUT2D eigenvalue weighted by atomic mass is 19.1. The smallest absolute Gasteiger partial charge is 0.166 e. The normalized spacial score (nSPS) is 18.3. The lowest BCUT2D eigenvalue weighted by Crippen LogP contribution is -2.19. The Hall–Kier alpha value is -3.73. The summed E-state index contributed by atoms with van der Waals surface area (Å²) in [6, 6.07) is 7.92. The highest BCUT2D eigenvalue weighted by Gasteiger charge is 2.28. The van der Waals surface area contributed by atoms with Crippen LogP contribution in [0, 0.1) is 23.1 Å². The number of aryl methyl sites for hydroxylation is 1. The van der Waals surface area contributed by atoms with E-state index in [9.17, 15) is 14.4 Å². The molecule has 30 heavy (non-hydrogen) atoms. The van der Waals surface area contributed by atoms with E-state index in [1.165, 1.54) is 22.9 Å². The van der Waals surface area contributed by atoms with Gasteiger partial charge >= 0.3 is 0 Å². The molecule has 0 saturated carbocycles. The molecule has 2 atom stereocenters. The van der Waals surface area contributed by atoms with E-state index in [2.05, 4.69) is 16.2 Å². The molecule has 0 aliphatic carbocycles. The molecule has 1 unspecified atom stereocenters. The first-order valence-electron chi connectivity index (χ1n) is 9.52. The number of hydrogen-bond acceptors (Lipinski definition) is 6. The molecular weight excluding hydrogens is 385 g/mol. The first-order valence-corrected chi connectivity index (χ1v) is 9.52. The van der Waals surface area contributed by atoms with Gasteiger partial charge in [0.05, 0.1) is 5.69 Å². The zero-order valence-corrected chi connectivity index (χ0v) is 16.8. The number of rotatable bonds is 0. The Kier molecular flexibility index (Phi) is 4.74. The summed E-state index contributed by atoms with van der Waals surface area (Å²) in [7, 11) is 1.68. The third-order valence-electron chi connectivity index (χ3n) is 5.36. The lowest BCUT2D eigenvalue weighted by Gasteiger charge is -2.21. The summed E-state index contributed by atoms with van der Waals surface area (Å²) in [4.78, 5) is 17.5. The summed E-state index contributed by atoms with van der Waals surface area (Å²) in [6.45, 7) is 3.52. The fourth-order valence-electron chi connectivity index (χ4n) is 3.84. The Morgan fingerprint density at radius 2 is 2.10 bits per heavy atom. The molecule has 3 aromatic rings. The number of ether oxygens (including phenoxy) is 1. The molecule has 0 spiro atoms. The molecule has 3 heterocycles. The quantitative estimate of drug-likeness (QED) is 0.612. The molecule has 2 N–H and O–H groups in total. The average Bonchev–Trinajstić information content (AvgIpc) is 3.03. The van der Waals surface area contributed by atoms with E-state index in [1.807, 2.05) is 0 Å². The highest BCUT2D eigenvalue weighted by molar-refractivity contribution is 5.99. The molecular formula is C22H20FN5O2. The van der Waals surface area contributed by atoms with E-state index >= 15 is 0 Å². The zero-order chi connectivity index (χ0) is 21.6. The lowest BCUT2D eigenvalue weighted by atomic mass is 9.88. The number of carbonyl (C=O) groups is 1. The number of Topliss-reactive ketones (excluding diaryl/α,β-unsaturated/α-hetero) is 1. The molecule has 0 radical (unpaired) electrons. The van der Waals surface area contributed by atoms with Crippen molar-refractivity contribution in [3.63, 3.8) is 0 Å². The van der Waals surface area contributed by atoms with Crippen LogP contribution in [-0.2, 0) is 13.5 Å². The Labute approximate surface area is 172 Å². The number of nitriles is 1. The van der Waals surface area contributed by atoms with Crippen molar-refractivity contribution in [3.05, 3.63) is 58.8 Å². The van der Waals surface area contributed by atoms with Gasteiger partial charge in [-0.05, 0) is 31.2 Å². The molecule has 1 aliphatic rings. The van der Waals surface area contributed by atoms with Crippen molar-refractivity contribution in [3.8, 4) is 22.9 Å². The number of nitrogens with zero attached hydrogens (tertiary/aromatic N) is 4. The molecule has 8 heteroatoms. The molecule has 152 valence electrons. The number of fused-ring (bicyclic) bond motifs is 5. The van der Waals surface area contributed by atoms with Crippen LogP contribution in [0.5, 0.6) is 5.75 Å². The number of pyridine rings is 1. The third-order valence-corrected chi connectivity index (χ3v) is 5.36. The second-order valence-electron chi connectivity index (χ2n) is 7.47. The second kappa shape index (κ2) is 7.26. The largest absolute Gasteiger partial charge is 0.482 e. The van der Waals surface area contributed by atoms with Crippen LogP contribution in [0.2, 0.25) is 0 Å². The minimum Gasteiger partial charge on any atom is -0.482 e. The first kappa shape index (κ1) is 19.6.